The number of nitrogens with zero attached hydrogens (tertiary/aromatic N) is 5. The Morgan fingerprint density at radius 2 is 2.12 bits per heavy atom. The molecule has 2 heterocycles. The number of hydrogen-bond acceptors (Lipinski definition) is 6. The molecule has 0 spiro atoms. The van der Waals surface area contributed by atoms with Gasteiger partial charge in [0.05, 0.1) is 5.69 Å². The van der Waals surface area contributed by atoms with E-state index in [0.717, 1.165) is 10.7 Å². The highest BCUT2D eigenvalue weighted by molar-refractivity contribution is 7.99. The molecule has 0 aliphatic rings. The van der Waals surface area contributed by atoms with Crippen LogP contribution in [0.4, 0.5) is 5.95 Å². The molecule has 16 heavy (non-hydrogen) atoms. The van der Waals surface area contributed by atoms with Crippen LogP contribution in [-0.4, -0.2) is 24.7 Å². The van der Waals surface area contributed by atoms with Crippen molar-refractivity contribution in [3.63, 3.8) is 0 Å². The van der Waals surface area contributed by atoms with E-state index in [0.29, 0.717) is 5.16 Å². The fraction of sp³-hybridized carbons (Fsp3) is 0.250. The van der Waals surface area contributed by atoms with Crippen LogP contribution in [0.25, 0.3) is 0 Å². The Morgan fingerprint density at radius 3 is 2.69 bits per heavy atom. The molecule has 84 valence electrons. The van der Waals surface area contributed by atoms with Crippen LogP contribution >= 0.6 is 23.4 Å². The summed E-state index contributed by atoms with van der Waals surface area (Å²) < 4.78 is 1.74. The topological polar surface area (TPSA) is 82.5 Å². The van der Waals surface area contributed by atoms with Crippen LogP contribution in [0.1, 0.15) is 5.69 Å². The highest BCUT2D eigenvalue weighted by Crippen LogP contribution is 2.25. The van der Waals surface area contributed by atoms with Gasteiger partial charge < -0.3 is 5.73 Å². The molecule has 0 saturated heterocycles. The number of rotatable bonds is 2. The Kier molecular flexibility index (Phi) is 2.97. The summed E-state index contributed by atoms with van der Waals surface area (Å²) in [6.45, 7) is 1.92. The van der Waals surface area contributed by atoms with Crippen molar-refractivity contribution in [2.75, 3.05) is 5.73 Å². The molecule has 0 amide bonds. The molecule has 0 aliphatic carbocycles. The smallest absolute Gasteiger partial charge is 0.228 e. The van der Waals surface area contributed by atoms with E-state index in [2.05, 4.69) is 20.1 Å². The third-order valence-corrected chi connectivity index (χ3v) is 2.89. The Balaban J connectivity index is 2.30. The van der Waals surface area contributed by atoms with Crippen LogP contribution in [0.15, 0.2) is 16.2 Å². The summed E-state index contributed by atoms with van der Waals surface area (Å²) in [4.78, 5) is 11.6. The van der Waals surface area contributed by atoms with Gasteiger partial charge in [-0.25, -0.2) is 0 Å². The second-order valence-electron chi connectivity index (χ2n) is 3.09. The number of nitrogens with two attached hydrogens (primary N) is 1. The second kappa shape index (κ2) is 4.26. The third kappa shape index (κ3) is 2.42. The molecule has 0 fully saturated rings. The van der Waals surface area contributed by atoms with Crippen LogP contribution in [-0.2, 0) is 7.05 Å². The Bertz CT molecular complexity index is 505. The number of aromatic nitrogens is 5. The lowest BCUT2D eigenvalue weighted by Crippen LogP contribution is -2.00. The van der Waals surface area contributed by atoms with Crippen molar-refractivity contribution in [1.82, 2.24) is 24.7 Å². The molecule has 8 heteroatoms. The average Bonchev–Trinajstić information content (AvgIpc) is 2.43. The van der Waals surface area contributed by atoms with Crippen molar-refractivity contribution >= 4 is 29.3 Å². The lowest BCUT2D eigenvalue weighted by molar-refractivity contribution is 0.691. The molecular weight excluding hydrogens is 248 g/mol. The van der Waals surface area contributed by atoms with Gasteiger partial charge in [-0.2, -0.15) is 20.1 Å². The van der Waals surface area contributed by atoms with Gasteiger partial charge in [-0.15, -0.1) is 0 Å². The fourth-order valence-electron chi connectivity index (χ4n) is 1.17. The van der Waals surface area contributed by atoms with Crippen LogP contribution in [0, 0.1) is 6.92 Å². The standard InChI is InChI=1S/C8H9ClN6S/c1-4-3-5(15(2)14-4)16-8-12-6(9)11-7(10)13-8/h3H,1-2H3,(H2,10,11,12,13). The molecule has 2 rings (SSSR count). The minimum absolute atomic E-state index is 0.0916. The average molecular weight is 257 g/mol. The van der Waals surface area contributed by atoms with E-state index in [1.54, 1.807) is 4.68 Å². The third-order valence-electron chi connectivity index (χ3n) is 1.76. The summed E-state index contributed by atoms with van der Waals surface area (Å²) in [5, 5.41) is 5.68. The van der Waals surface area contributed by atoms with Crippen molar-refractivity contribution in [3.05, 3.63) is 17.0 Å². The summed E-state index contributed by atoms with van der Waals surface area (Å²) in [5.74, 6) is 0.112. The van der Waals surface area contributed by atoms with E-state index >= 15 is 0 Å². The maximum atomic E-state index is 5.68. The molecule has 0 aliphatic heterocycles. The summed E-state index contributed by atoms with van der Waals surface area (Å²) in [5.41, 5.74) is 6.40. The Labute approximate surface area is 101 Å². The number of anilines is 1. The molecule has 2 N–H and O–H groups in total. The lowest BCUT2D eigenvalue weighted by Gasteiger charge is -2.00. The number of hydrogen-bond donors (Lipinski definition) is 1. The first-order valence-electron chi connectivity index (χ1n) is 4.40. The SMILES string of the molecule is Cc1cc(Sc2nc(N)nc(Cl)n2)n(C)n1. The van der Waals surface area contributed by atoms with Gasteiger partial charge in [0.15, 0.2) is 5.16 Å². The molecule has 0 bridgehead atoms. The van der Waals surface area contributed by atoms with Crippen molar-refractivity contribution in [1.29, 1.82) is 0 Å². The Morgan fingerprint density at radius 1 is 1.38 bits per heavy atom. The molecule has 6 nitrogen and oxygen atoms in total. The van der Waals surface area contributed by atoms with E-state index in [1.807, 2.05) is 20.0 Å². The van der Waals surface area contributed by atoms with E-state index in [-0.39, 0.29) is 11.2 Å². The van der Waals surface area contributed by atoms with E-state index in [4.69, 9.17) is 17.3 Å². The minimum atomic E-state index is 0.0916. The van der Waals surface area contributed by atoms with Gasteiger partial charge in [-0.3, -0.25) is 4.68 Å². The lowest BCUT2D eigenvalue weighted by atomic mass is 10.5. The van der Waals surface area contributed by atoms with Crippen LogP contribution in [0.5, 0.6) is 0 Å². The van der Waals surface area contributed by atoms with Crippen molar-refractivity contribution < 1.29 is 0 Å². The molecule has 0 saturated carbocycles. The Hall–Kier alpha value is -1.34. The molecule has 0 unspecified atom stereocenters. The highest BCUT2D eigenvalue weighted by atomic mass is 35.5. The molecule has 0 aromatic carbocycles. The predicted molar refractivity (Wildman–Crippen MR) is 61.3 cm³/mol. The van der Waals surface area contributed by atoms with Gasteiger partial charge in [0, 0.05) is 7.05 Å². The van der Waals surface area contributed by atoms with E-state index in [9.17, 15) is 0 Å². The van der Waals surface area contributed by atoms with E-state index < -0.39 is 0 Å². The second-order valence-corrected chi connectivity index (χ2v) is 4.42. The minimum Gasteiger partial charge on any atom is -0.368 e. The predicted octanol–water partition coefficient (Wildman–Crippen LogP) is 1.30. The normalized spacial score (nSPS) is 10.7. The van der Waals surface area contributed by atoms with Crippen molar-refractivity contribution in [2.24, 2.45) is 7.05 Å². The maximum absolute atomic E-state index is 5.68. The van der Waals surface area contributed by atoms with Gasteiger partial charge in [0.25, 0.3) is 0 Å². The van der Waals surface area contributed by atoms with E-state index in [1.165, 1.54) is 11.8 Å². The van der Waals surface area contributed by atoms with Gasteiger partial charge in [0.2, 0.25) is 11.2 Å². The molecule has 0 radical (unpaired) electrons. The van der Waals surface area contributed by atoms with Gasteiger partial charge in [-0.05, 0) is 36.4 Å². The zero-order valence-electron chi connectivity index (χ0n) is 8.68. The van der Waals surface area contributed by atoms with Crippen LogP contribution in [0.3, 0.4) is 0 Å². The largest absolute Gasteiger partial charge is 0.368 e. The van der Waals surface area contributed by atoms with Crippen LogP contribution in [0.2, 0.25) is 5.28 Å². The maximum Gasteiger partial charge on any atom is 0.228 e. The zero-order chi connectivity index (χ0) is 11.7. The quantitative estimate of drug-likeness (QED) is 0.872. The summed E-state index contributed by atoms with van der Waals surface area (Å²) in [7, 11) is 1.85. The molecule has 2 aromatic rings. The summed E-state index contributed by atoms with van der Waals surface area (Å²) in [6.07, 6.45) is 0. The molecule has 2 aromatic heterocycles. The van der Waals surface area contributed by atoms with Gasteiger partial charge in [-0.1, -0.05) is 0 Å². The highest BCUT2D eigenvalue weighted by Gasteiger charge is 2.08. The van der Waals surface area contributed by atoms with Crippen molar-refractivity contribution in [2.45, 2.75) is 17.1 Å². The number of halogens is 1. The number of nitrogen functional groups attached to an aromatic ring is 1. The zero-order valence-corrected chi connectivity index (χ0v) is 10.2. The van der Waals surface area contributed by atoms with Crippen molar-refractivity contribution in [3.8, 4) is 0 Å². The number of aryl methyl sites for hydroxylation is 2. The summed E-state index contributed by atoms with van der Waals surface area (Å²) >= 11 is 7.02. The first-order valence-corrected chi connectivity index (χ1v) is 5.59. The summed E-state index contributed by atoms with van der Waals surface area (Å²) in [6, 6.07) is 1.93. The first kappa shape index (κ1) is 11.2. The van der Waals surface area contributed by atoms with Crippen LogP contribution < -0.4 is 5.73 Å². The first-order chi connectivity index (χ1) is 7.54. The monoisotopic (exact) mass is 256 g/mol. The fourth-order valence-corrected chi connectivity index (χ4v) is 2.25. The van der Waals surface area contributed by atoms with Gasteiger partial charge in [0.1, 0.15) is 5.03 Å². The van der Waals surface area contributed by atoms with Gasteiger partial charge >= 0.3 is 0 Å². The molecular formula is C8H9ClN6S. The molecule has 0 atom stereocenters.